The Balaban J connectivity index is 1.69. The van der Waals surface area contributed by atoms with Gasteiger partial charge in [0.1, 0.15) is 0 Å². The number of nitrogens with two attached hydrogens (primary N) is 1. The van der Waals surface area contributed by atoms with E-state index in [0.717, 1.165) is 13.1 Å². The lowest BCUT2D eigenvalue weighted by Gasteiger charge is -2.44. The van der Waals surface area contributed by atoms with Crippen molar-refractivity contribution in [2.45, 2.75) is 44.9 Å². The molecule has 0 amide bonds. The average Bonchev–Trinajstić information content (AvgIpc) is 2.39. The van der Waals surface area contributed by atoms with Gasteiger partial charge in [0.25, 0.3) is 0 Å². The molecule has 2 heterocycles. The van der Waals surface area contributed by atoms with E-state index < -0.39 is 0 Å². The maximum Gasteiger partial charge on any atom is 0.231 e. The van der Waals surface area contributed by atoms with Gasteiger partial charge in [0.05, 0.1) is 0 Å². The fraction of sp³-hybridized carbons (Fsp3) is 0.769. The first-order valence-electron chi connectivity index (χ1n) is 7.09. The zero-order chi connectivity index (χ0) is 13.3. The molecule has 5 nitrogen and oxygen atoms in total. The molecule has 104 valence electrons. The van der Waals surface area contributed by atoms with E-state index in [1.807, 2.05) is 0 Å². The second kappa shape index (κ2) is 5.12. The summed E-state index contributed by atoms with van der Waals surface area (Å²) in [4.78, 5) is 14.4. The molecule has 0 unspecified atom stereocenters. The van der Waals surface area contributed by atoms with Crippen LogP contribution in [0.5, 0.6) is 0 Å². The van der Waals surface area contributed by atoms with Gasteiger partial charge in [-0.3, -0.25) is 0 Å². The molecule has 1 aliphatic heterocycles. The summed E-state index contributed by atoms with van der Waals surface area (Å²) in [5, 5.41) is 0.181. The first-order chi connectivity index (χ1) is 9.17. The third-order valence-electron chi connectivity index (χ3n) is 4.63. The third kappa shape index (κ3) is 2.76. The molecule has 2 aliphatic rings. The van der Waals surface area contributed by atoms with E-state index in [2.05, 4.69) is 19.9 Å². The van der Waals surface area contributed by atoms with Gasteiger partial charge < -0.3 is 10.6 Å². The first-order valence-corrected chi connectivity index (χ1v) is 7.47. The minimum Gasteiger partial charge on any atom is -0.368 e. The summed E-state index contributed by atoms with van der Waals surface area (Å²) in [6.45, 7) is 2.00. The number of halogens is 1. The van der Waals surface area contributed by atoms with E-state index in [4.69, 9.17) is 17.3 Å². The molecule has 1 aromatic heterocycles. The Hall–Kier alpha value is -1.10. The van der Waals surface area contributed by atoms with Crippen molar-refractivity contribution in [3.8, 4) is 0 Å². The van der Waals surface area contributed by atoms with Crippen molar-refractivity contribution in [1.82, 2.24) is 15.0 Å². The van der Waals surface area contributed by atoms with Gasteiger partial charge in [-0.15, -0.1) is 0 Å². The molecule has 1 saturated carbocycles. The lowest BCUT2D eigenvalue weighted by atomic mass is 9.68. The summed E-state index contributed by atoms with van der Waals surface area (Å²) < 4.78 is 0. The van der Waals surface area contributed by atoms with Crippen molar-refractivity contribution < 1.29 is 0 Å². The summed E-state index contributed by atoms with van der Waals surface area (Å²) >= 11 is 5.84. The second-order valence-electron chi connectivity index (χ2n) is 5.81. The molecule has 1 spiro atoms. The predicted octanol–water partition coefficient (Wildman–Crippen LogP) is 2.66. The van der Waals surface area contributed by atoms with Crippen LogP contribution in [0.3, 0.4) is 0 Å². The minimum absolute atomic E-state index is 0.181. The van der Waals surface area contributed by atoms with Crippen molar-refractivity contribution in [3.63, 3.8) is 0 Å². The summed E-state index contributed by atoms with van der Waals surface area (Å²) in [5.74, 6) is 0.830. The lowest BCUT2D eigenvalue weighted by molar-refractivity contribution is 0.144. The highest BCUT2D eigenvalue weighted by Gasteiger charge is 2.36. The van der Waals surface area contributed by atoms with Crippen LogP contribution in [0.25, 0.3) is 0 Å². The topological polar surface area (TPSA) is 67.9 Å². The molecule has 0 aromatic carbocycles. The van der Waals surface area contributed by atoms with Crippen LogP contribution < -0.4 is 10.6 Å². The number of piperidine rings is 1. The van der Waals surface area contributed by atoms with Crippen LogP contribution in [-0.2, 0) is 0 Å². The Bertz CT molecular complexity index is 428. The van der Waals surface area contributed by atoms with Crippen LogP contribution >= 0.6 is 11.6 Å². The van der Waals surface area contributed by atoms with Crippen LogP contribution in [0, 0.1) is 5.41 Å². The molecule has 1 aliphatic carbocycles. The Morgan fingerprint density at radius 1 is 0.947 bits per heavy atom. The van der Waals surface area contributed by atoms with E-state index in [1.54, 1.807) is 0 Å². The second-order valence-corrected chi connectivity index (χ2v) is 6.15. The number of aromatic nitrogens is 3. The molecule has 6 heteroatoms. The van der Waals surface area contributed by atoms with Crippen LogP contribution in [0.4, 0.5) is 11.9 Å². The molecular weight excluding hydrogens is 262 g/mol. The monoisotopic (exact) mass is 281 g/mol. The normalized spacial score (nSPS) is 22.7. The Morgan fingerprint density at radius 2 is 1.63 bits per heavy atom. The van der Waals surface area contributed by atoms with E-state index in [-0.39, 0.29) is 11.2 Å². The number of hydrogen-bond donors (Lipinski definition) is 1. The number of nitrogen functional groups attached to an aromatic ring is 1. The fourth-order valence-corrected chi connectivity index (χ4v) is 3.64. The summed E-state index contributed by atoms with van der Waals surface area (Å²) in [6.07, 6.45) is 9.44. The molecule has 2 fully saturated rings. The highest BCUT2D eigenvalue weighted by Crippen LogP contribution is 2.44. The molecule has 19 heavy (non-hydrogen) atoms. The van der Waals surface area contributed by atoms with Crippen LogP contribution in [0.2, 0.25) is 5.28 Å². The molecule has 2 N–H and O–H groups in total. The molecule has 0 radical (unpaired) electrons. The average molecular weight is 282 g/mol. The zero-order valence-corrected chi connectivity index (χ0v) is 11.9. The summed E-state index contributed by atoms with van der Waals surface area (Å²) in [6, 6.07) is 0. The van der Waals surface area contributed by atoms with Gasteiger partial charge in [-0.2, -0.15) is 15.0 Å². The maximum atomic E-state index is 5.84. The molecule has 3 rings (SSSR count). The van der Waals surface area contributed by atoms with Crippen LogP contribution in [-0.4, -0.2) is 28.0 Å². The van der Waals surface area contributed by atoms with Crippen molar-refractivity contribution >= 4 is 23.5 Å². The van der Waals surface area contributed by atoms with Gasteiger partial charge in [-0.1, -0.05) is 19.3 Å². The van der Waals surface area contributed by atoms with Gasteiger partial charge in [-0.05, 0) is 42.7 Å². The molecule has 0 atom stereocenters. The molecule has 1 saturated heterocycles. The van der Waals surface area contributed by atoms with Gasteiger partial charge in [0, 0.05) is 13.1 Å². The minimum atomic E-state index is 0.181. The van der Waals surface area contributed by atoms with E-state index in [9.17, 15) is 0 Å². The van der Waals surface area contributed by atoms with Crippen LogP contribution in [0.1, 0.15) is 44.9 Å². The van der Waals surface area contributed by atoms with Crippen LogP contribution in [0.15, 0.2) is 0 Å². The molecule has 1 aromatic rings. The quantitative estimate of drug-likeness (QED) is 0.857. The van der Waals surface area contributed by atoms with Gasteiger partial charge in [-0.25, -0.2) is 0 Å². The SMILES string of the molecule is Nc1nc(Cl)nc(N2CCC3(CCCCC3)CC2)n1. The number of hydrogen-bond acceptors (Lipinski definition) is 5. The van der Waals surface area contributed by atoms with Gasteiger partial charge >= 0.3 is 0 Å². The maximum absolute atomic E-state index is 5.84. The lowest BCUT2D eigenvalue weighted by Crippen LogP contribution is -2.42. The number of rotatable bonds is 1. The Kier molecular flexibility index (Phi) is 3.48. The van der Waals surface area contributed by atoms with Crippen molar-refractivity contribution in [2.75, 3.05) is 23.7 Å². The summed E-state index contributed by atoms with van der Waals surface area (Å²) in [7, 11) is 0. The molecule has 0 bridgehead atoms. The fourth-order valence-electron chi connectivity index (χ4n) is 3.48. The van der Waals surface area contributed by atoms with Gasteiger partial charge in [0.2, 0.25) is 17.2 Å². The standard InChI is InChI=1S/C13H20ClN5/c14-10-16-11(15)18-12(17-10)19-8-6-13(7-9-19)4-2-1-3-5-13/h1-9H2,(H2,15,16,17,18). The zero-order valence-electron chi connectivity index (χ0n) is 11.1. The number of nitrogens with zero attached hydrogens (tertiary/aromatic N) is 4. The Labute approximate surface area is 118 Å². The smallest absolute Gasteiger partial charge is 0.231 e. The Morgan fingerprint density at radius 3 is 2.26 bits per heavy atom. The highest BCUT2D eigenvalue weighted by molar-refractivity contribution is 6.28. The van der Waals surface area contributed by atoms with E-state index >= 15 is 0 Å². The number of anilines is 2. The molecular formula is C13H20ClN5. The van der Waals surface area contributed by atoms with E-state index in [0.29, 0.717) is 11.4 Å². The third-order valence-corrected chi connectivity index (χ3v) is 4.80. The summed E-state index contributed by atoms with van der Waals surface area (Å²) in [5.41, 5.74) is 6.21. The van der Waals surface area contributed by atoms with Crippen molar-refractivity contribution in [1.29, 1.82) is 0 Å². The predicted molar refractivity (Wildman–Crippen MR) is 76.2 cm³/mol. The highest BCUT2D eigenvalue weighted by atomic mass is 35.5. The van der Waals surface area contributed by atoms with Gasteiger partial charge in [0.15, 0.2) is 0 Å². The first kappa shape index (κ1) is 12.9. The largest absolute Gasteiger partial charge is 0.368 e. The van der Waals surface area contributed by atoms with Crippen molar-refractivity contribution in [3.05, 3.63) is 5.28 Å². The van der Waals surface area contributed by atoms with E-state index in [1.165, 1.54) is 44.9 Å². The van der Waals surface area contributed by atoms with Crippen molar-refractivity contribution in [2.24, 2.45) is 5.41 Å².